The number of hydrogen-bond acceptors (Lipinski definition) is 4. The van der Waals surface area contributed by atoms with E-state index in [2.05, 4.69) is 5.32 Å². The van der Waals surface area contributed by atoms with Gasteiger partial charge in [0.2, 0.25) is 15.9 Å². The molecule has 8 heteroatoms. The number of carbonyl (C=O) groups excluding carboxylic acids is 2. The van der Waals surface area contributed by atoms with Crippen LogP contribution in [-0.4, -0.2) is 61.2 Å². The van der Waals surface area contributed by atoms with Gasteiger partial charge in [-0.1, -0.05) is 42.8 Å². The Labute approximate surface area is 202 Å². The summed E-state index contributed by atoms with van der Waals surface area (Å²) in [4.78, 5) is 28.3. The average molecular weight is 484 g/mol. The Morgan fingerprint density at radius 3 is 2.38 bits per heavy atom. The lowest BCUT2D eigenvalue weighted by atomic mass is 10.0. The Kier molecular flexibility index (Phi) is 7.68. The number of benzene rings is 2. The highest BCUT2D eigenvalue weighted by Crippen LogP contribution is 2.25. The van der Waals surface area contributed by atoms with Crippen molar-refractivity contribution in [2.24, 2.45) is 0 Å². The second-order valence-electron chi connectivity index (χ2n) is 9.24. The van der Waals surface area contributed by atoms with Gasteiger partial charge in [-0.15, -0.1) is 0 Å². The van der Waals surface area contributed by atoms with E-state index in [4.69, 9.17) is 0 Å². The van der Waals surface area contributed by atoms with Gasteiger partial charge >= 0.3 is 0 Å². The van der Waals surface area contributed by atoms with Crippen LogP contribution in [0.1, 0.15) is 54.9 Å². The van der Waals surface area contributed by atoms with Crippen molar-refractivity contribution in [3.05, 3.63) is 65.7 Å². The van der Waals surface area contributed by atoms with Crippen molar-refractivity contribution in [3.8, 4) is 0 Å². The first-order valence-electron chi connectivity index (χ1n) is 12.1. The Hall–Kier alpha value is -2.71. The van der Waals surface area contributed by atoms with Crippen LogP contribution in [0.3, 0.4) is 0 Å². The van der Waals surface area contributed by atoms with Crippen LogP contribution in [0.5, 0.6) is 0 Å². The molecule has 2 aliphatic rings. The fourth-order valence-electron chi connectivity index (χ4n) is 4.81. The lowest BCUT2D eigenvalue weighted by molar-refractivity contribution is -0.132. The van der Waals surface area contributed by atoms with E-state index in [1.165, 1.54) is 16.4 Å². The van der Waals surface area contributed by atoms with Crippen molar-refractivity contribution in [2.45, 2.75) is 62.4 Å². The van der Waals surface area contributed by atoms with Gasteiger partial charge in [0.25, 0.3) is 5.91 Å². The van der Waals surface area contributed by atoms with Gasteiger partial charge < -0.3 is 10.2 Å². The first kappa shape index (κ1) is 24.4. The first-order valence-corrected chi connectivity index (χ1v) is 13.6. The quantitative estimate of drug-likeness (QED) is 0.655. The average Bonchev–Trinajstić information content (AvgIpc) is 3.39. The van der Waals surface area contributed by atoms with Gasteiger partial charge in [-0.3, -0.25) is 9.59 Å². The molecule has 2 atom stereocenters. The molecular weight excluding hydrogens is 450 g/mol. The topological polar surface area (TPSA) is 86.8 Å². The molecule has 2 saturated heterocycles. The van der Waals surface area contributed by atoms with Crippen LogP contribution in [0.4, 0.5) is 0 Å². The van der Waals surface area contributed by atoms with Crippen molar-refractivity contribution in [1.29, 1.82) is 0 Å². The normalized spacial score (nSPS) is 20.1. The zero-order valence-corrected chi connectivity index (χ0v) is 20.5. The van der Waals surface area contributed by atoms with Crippen molar-refractivity contribution < 1.29 is 18.0 Å². The third-order valence-corrected chi connectivity index (χ3v) is 8.76. The van der Waals surface area contributed by atoms with Crippen LogP contribution in [-0.2, 0) is 21.2 Å². The van der Waals surface area contributed by atoms with E-state index in [1.807, 2.05) is 37.3 Å². The van der Waals surface area contributed by atoms with Gasteiger partial charge in [0.1, 0.15) is 6.04 Å². The molecule has 0 spiro atoms. The SMILES string of the molecule is CC1CCCCN1S(=O)(=O)c1cccc(C(=O)NC(Cc2ccccc2)C(=O)N2CCCC2)c1. The van der Waals surface area contributed by atoms with E-state index in [0.717, 1.165) is 37.7 Å². The van der Waals surface area contributed by atoms with Gasteiger partial charge in [0, 0.05) is 37.7 Å². The summed E-state index contributed by atoms with van der Waals surface area (Å²) in [7, 11) is -3.70. The molecule has 0 radical (unpaired) electrons. The van der Waals surface area contributed by atoms with Gasteiger partial charge in [-0.2, -0.15) is 4.31 Å². The summed E-state index contributed by atoms with van der Waals surface area (Å²) in [6.45, 7) is 3.80. The highest BCUT2D eigenvalue weighted by Gasteiger charge is 2.32. The van der Waals surface area contributed by atoms with Crippen LogP contribution >= 0.6 is 0 Å². The summed E-state index contributed by atoms with van der Waals surface area (Å²) in [5, 5.41) is 2.89. The lowest BCUT2D eigenvalue weighted by Crippen LogP contribution is -2.49. The highest BCUT2D eigenvalue weighted by molar-refractivity contribution is 7.89. The maximum Gasteiger partial charge on any atom is 0.251 e. The molecule has 0 saturated carbocycles. The van der Waals surface area contributed by atoms with E-state index >= 15 is 0 Å². The minimum Gasteiger partial charge on any atom is -0.341 e. The molecule has 2 aromatic rings. The fourth-order valence-corrected chi connectivity index (χ4v) is 6.56. The molecule has 2 amide bonds. The molecule has 2 heterocycles. The van der Waals surface area contributed by atoms with Gasteiger partial charge in [0.05, 0.1) is 4.90 Å². The number of piperidine rings is 1. The molecule has 4 rings (SSSR count). The Morgan fingerprint density at radius 2 is 1.68 bits per heavy atom. The van der Waals surface area contributed by atoms with Crippen molar-refractivity contribution in [2.75, 3.05) is 19.6 Å². The van der Waals surface area contributed by atoms with Crippen molar-refractivity contribution in [3.63, 3.8) is 0 Å². The molecular formula is C26H33N3O4S. The van der Waals surface area contributed by atoms with E-state index < -0.39 is 22.0 Å². The van der Waals surface area contributed by atoms with Gasteiger partial charge in [-0.05, 0) is 56.4 Å². The molecule has 34 heavy (non-hydrogen) atoms. The van der Waals surface area contributed by atoms with Crippen LogP contribution in [0, 0.1) is 0 Å². The summed E-state index contributed by atoms with van der Waals surface area (Å²) in [5.74, 6) is -0.544. The van der Waals surface area contributed by atoms with Crippen LogP contribution in [0.15, 0.2) is 59.5 Å². The predicted octanol–water partition coefficient (Wildman–Crippen LogP) is 3.21. The van der Waals surface area contributed by atoms with E-state index in [9.17, 15) is 18.0 Å². The maximum atomic E-state index is 13.3. The van der Waals surface area contributed by atoms with Crippen molar-refractivity contribution >= 4 is 21.8 Å². The standard InChI is InChI=1S/C26H33N3O4S/c1-20-10-5-6-17-29(20)34(32,33)23-14-9-13-22(19-23)25(30)27-24(18-21-11-3-2-4-12-21)26(31)28-15-7-8-16-28/h2-4,9,11-14,19-20,24H,5-8,10,15-18H2,1H3,(H,27,30). The monoisotopic (exact) mass is 483 g/mol. The molecule has 2 aromatic carbocycles. The molecule has 7 nitrogen and oxygen atoms in total. The van der Waals surface area contributed by atoms with Gasteiger partial charge in [0.15, 0.2) is 0 Å². The van der Waals surface area contributed by atoms with Gasteiger partial charge in [-0.25, -0.2) is 8.42 Å². The van der Waals surface area contributed by atoms with Crippen LogP contribution < -0.4 is 5.32 Å². The number of nitrogens with zero attached hydrogens (tertiary/aromatic N) is 2. The Balaban J connectivity index is 1.55. The number of hydrogen-bond donors (Lipinski definition) is 1. The maximum absolute atomic E-state index is 13.3. The number of carbonyl (C=O) groups is 2. The lowest BCUT2D eigenvalue weighted by Gasteiger charge is -2.32. The molecule has 0 aromatic heterocycles. The zero-order chi connectivity index (χ0) is 24.1. The number of sulfonamides is 1. The minimum atomic E-state index is -3.70. The van der Waals surface area contributed by atoms with E-state index in [1.54, 1.807) is 17.0 Å². The van der Waals surface area contributed by atoms with Crippen molar-refractivity contribution in [1.82, 2.24) is 14.5 Å². The fraction of sp³-hybridized carbons (Fsp3) is 0.462. The Morgan fingerprint density at radius 1 is 0.971 bits per heavy atom. The summed E-state index contributed by atoms with van der Waals surface area (Å²) < 4.78 is 28.0. The molecule has 2 aliphatic heterocycles. The predicted molar refractivity (Wildman–Crippen MR) is 131 cm³/mol. The number of amides is 2. The minimum absolute atomic E-state index is 0.0652. The van der Waals surface area contributed by atoms with E-state index in [0.29, 0.717) is 26.1 Å². The third kappa shape index (κ3) is 5.50. The molecule has 2 fully saturated rings. The van der Waals surface area contributed by atoms with Crippen LogP contribution in [0.2, 0.25) is 0 Å². The molecule has 0 aliphatic carbocycles. The third-order valence-electron chi connectivity index (χ3n) is 6.75. The summed E-state index contributed by atoms with van der Waals surface area (Å²) in [5.41, 5.74) is 1.19. The largest absolute Gasteiger partial charge is 0.341 e. The molecule has 2 unspecified atom stereocenters. The highest BCUT2D eigenvalue weighted by atomic mass is 32.2. The Bertz CT molecular complexity index is 1110. The van der Waals surface area contributed by atoms with E-state index in [-0.39, 0.29) is 22.4 Å². The van der Waals surface area contributed by atoms with Crippen LogP contribution in [0.25, 0.3) is 0 Å². The second kappa shape index (κ2) is 10.7. The zero-order valence-electron chi connectivity index (χ0n) is 19.7. The summed E-state index contributed by atoms with van der Waals surface area (Å²) >= 11 is 0. The summed E-state index contributed by atoms with van der Waals surface area (Å²) in [6.07, 6.45) is 5.00. The molecule has 0 bridgehead atoms. The molecule has 1 N–H and O–H groups in total. The summed E-state index contributed by atoms with van der Waals surface area (Å²) in [6, 6.07) is 14.9. The smallest absolute Gasteiger partial charge is 0.251 e. The first-order chi connectivity index (χ1) is 16.4. The number of likely N-dealkylation sites (tertiary alicyclic amines) is 1. The number of rotatable bonds is 7. The number of nitrogens with one attached hydrogen (secondary N) is 1. The molecule has 182 valence electrons. The second-order valence-corrected chi connectivity index (χ2v) is 11.1.